The molecule has 5 aliphatic carbocycles. The van der Waals surface area contributed by atoms with E-state index >= 15 is 0 Å². The van der Waals surface area contributed by atoms with Crippen molar-refractivity contribution in [1.82, 2.24) is 0 Å². The molecule has 12 nitrogen and oxygen atoms in total. The minimum absolute atomic E-state index is 0.0638. The number of allylic oxidation sites excluding steroid dienone is 1. The molecule has 0 unspecified atom stereocenters. The van der Waals surface area contributed by atoms with E-state index in [0.29, 0.717) is 12.5 Å². The first-order valence-corrected chi connectivity index (χ1v) is 20.8. The summed E-state index contributed by atoms with van der Waals surface area (Å²) >= 11 is 0. The van der Waals surface area contributed by atoms with Crippen molar-refractivity contribution < 1.29 is 59.4 Å². The lowest BCUT2D eigenvalue weighted by Gasteiger charge is -2.73. The first kappa shape index (κ1) is 40.1. The Hall–Kier alpha value is -0.740. The smallest absolute Gasteiger partial charge is 0.187 e. The van der Waals surface area contributed by atoms with Crippen LogP contribution in [0.1, 0.15) is 107 Å². The maximum Gasteiger partial charge on any atom is 0.187 e. The standard InChI is InChI=1S/C42H68O12/c1-21-28(45)33(54-34-31(48)30(47)29(46)22(19-43)52-34)32(49)35(51-21)53-27-11-12-38(6)23(37(27,4)5)9-13-39(7)24(38)10-14-42-25-17-36(2,3)15-16-41(25,20-50-42)26(44)18-40(39,42)8/h10,14,21-35,43-49H,9,11-13,15-20H2,1-8H3/t21-,22-,23+,24-,25-,26+,27+,28+,29-,30+,31-,32-,33+,34+,35+,38+,39-,40+,41-,42+/m1/s1. The summed E-state index contributed by atoms with van der Waals surface area (Å²) in [5.74, 6) is 0.835. The van der Waals surface area contributed by atoms with E-state index in [-0.39, 0.29) is 56.5 Å². The van der Waals surface area contributed by atoms with Crippen molar-refractivity contribution in [3.05, 3.63) is 12.2 Å². The molecule has 2 bridgehead atoms. The van der Waals surface area contributed by atoms with Crippen LogP contribution in [0.4, 0.5) is 0 Å². The zero-order valence-electron chi connectivity index (χ0n) is 33.6. The number of rotatable bonds is 5. The van der Waals surface area contributed by atoms with Crippen molar-refractivity contribution in [2.24, 2.45) is 50.2 Å². The van der Waals surface area contributed by atoms with Crippen LogP contribution in [-0.4, -0.2) is 128 Å². The number of aliphatic hydroxyl groups excluding tert-OH is 7. The molecule has 4 saturated carbocycles. The molecule has 1 spiro atoms. The van der Waals surface area contributed by atoms with Gasteiger partial charge in [-0.2, -0.15) is 0 Å². The second kappa shape index (κ2) is 12.9. The van der Waals surface area contributed by atoms with Gasteiger partial charge in [0.15, 0.2) is 12.6 Å². The average molecular weight is 765 g/mol. The molecule has 0 aromatic carbocycles. The third-order valence-electron chi connectivity index (χ3n) is 17.8. The molecule has 54 heavy (non-hydrogen) atoms. The zero-order chi connectivity index (χ0) is 39.2. The van der Waals surface area contributed by atoms with Gasteiger partial charge in [-0.15, -0.1) is 0 Å². The predicted molar refractivity (Wildman–Crippen MR) is 195 cm³/mol. The van der Waals surface area contributed by atoms with Gasteiger partial charge in [0.1, 0.15) is 42.7 Å². The lowest BCUT2D eigenvalue weighted by Crippen LogP contribution is -2.72. The van der Waals surface area contributed by atoms with Gasteiger partial charge in [-0.25, -0.2) is 0 Å². The molecule has 7 N–H and O–H groups in total. The highest BCUT2D eigenvalue weighted by Gasteiger charge is 2.79. The molecule has 20 atom stereocenters. The molecule has 0 amide bonds. The summed E-state index contributed by atoms with van der Waals surface area (Å²) in [6.45, 7) is 18.3. The fourth-order valence-corrected chi connectivity index (χ4v) is 14.3. The van der Waals surface area contributed by atoms with Crippen LogP contribution in [0.15, 0.2) is 12.2 Å². The zero-order valence-corrected chi connectivity index (χ0v) is 33.6. The highest BCUT2D eigenvalue weighted by atomic mass is 16.7. The van der Waals surface area contributed by atoms with Gasteiger partial charge in [0.2, 0.25) is 0 Å². The van der Waals surface area contributed by atoms with Gasteiger partial charge in [-0.3, -0.25) is 0 Å². The molecular weight excluding hydrogens is 696 g/mol. The van der Waals surface area contributed by atoms with Crippen molar-refractivity contribution in [2.75, 3.05) is 13.2 Å². The van der Waals surface area contributed by atoms with Crippen LogP contribution in [0.3, 0.4) is 0 Å². The SMILES string of the molecule is C[C@H]1O[C@@H](O[C@H]2CC[C@]3(C)[C@H]4C=C[C@]56OC[C@@]7(CCC(C)(C)C[C@H]75)[C@@H](O)C[C@@]6(C)[C@]4(C)CC[C@H]3C2(C)C)[C@H](O)[C@@H](O[C@@H]2O[C@H](CO)[C@@H](O)[C@H](O)[C@H]2O)[C@H]1O. The maximum absolute atomic E-state index is 12.1. The van der Waals surface area contributed by atoms with E-state index < -0.39 is 73.6 Å². The van der Waals surface area contributed by atoms with Crippen molar-refractivity contribution >= 4 is 0 Å². The maximum atomic E-state index is 12.1. The Morgan fingerprint density at radius 1 is 0.722 bits per heavy atom. The molecule has 0 radical (unpaired) electrons. The van der Waals surface area contributed by atoms with Crippen LogP contribution in [0.25, 0.3) is 0 Å². The Labute approximate surface area is 320 Å². The number of aliphatic hydroxyl groups is 7. The largest absolute Gasteiger partial charge is 0.394 e. The van der Waals surface area contributed by atoms with Crippen molar-refractivity contribution in [1.29, 1.82) is 0 Å². The van der Waals surface area contributed by atoms with Gasteiger partial charge in [0.25, 0.3) is 0 Å². The Morgan fingerprint density at radius 3 is 2.13 bits per heavy atom. The fraction of sp³-hybridized carbons (Fsp3) is 0.952. The normalized spacial score (nSPS) is 58.8. The van der Waals surface area contributed by atoms with E-state index in [1.54, 1.807) is 6.92 Å². The summed E-state index contributed by atoms with van der Waals surface area (Å²) in [5, 5.41) is 75.6. The molecule has 3 heterocycles. The van der Waals surface area contributed by atoms with E-state index in [9.17, 15) is 35.7 Å². The van der Waals surface area contributed by atoms with E-state index in [2.05, 4.69) is 60.6 Å². The molecule has 7 fully saturated rings. The first-order valence-electron chi connectivity index (χ1n) is 20.8. The number of hydrogen-bond acceptors (Lipinski definition) is 12. The van der Waals surface area contributed by atoms with Crippen LogP contribution >= 0.6 is 0 Å². The summed E-state index contributed by atoms with van der Waals surface area (Å²) in [5.41, 5.74) is -1.08. The lowest BCUT2D eigenvalue weighted by atomic mass is 9.32. The van der Waals surface area contributed by atoms with E-state index in [4.69, 9.17) is 23.7 Å². The molecular formula is C42H68O12. The summed E-state index contributed by atoms with van der Waals surface area (Å²) in [6, 6.07) is 0. The van der Waals surface area contributed by atoms with Gasteiger partial charge in [0.05, 0.1) is 37.1 Å². The van der Waals surface area contributed by atoms with E-state index in [1.165, 1.54) is 0 Å². The third-order valence-corrected chi connectivity index (χ3v) is 17.8. The van der Waals surface area contributed by atoms with Gasteiger partial charge in [-0.1, -0.05) is 60.6 Å². The minimum atomic E-state index is -1.69. The van der Waals surface area contributed by atoms with Gasteiger partial charge in [0, 0.05) is 16.7 Å². The quantitative estimate of drug-likeness (QED) is 0.161. The molecule has 0 aromatic heterocycles. The third kappa shape index (κ3) is 5.24. The molecule has 3 aliphatic heterocycles. The monoisotopic (exact) mass is 764 g/mol. The summed E-state index contributed by atoms with van der Waals surface area (Å²) in [7, 11) is 0. The summed E-state index contributed by atoms with van der Waals surface area (Å²) in [4.78, 5) is 0. The van der Waals surface area contributed by atoms with Gasteiger partial charge < -0.3 is 59.4 Å². The summed E-state index contributed by atoms with van der Waals surface area (Å²) in [6.07, 6.45) is -1.83. The van der Waals surface area contributed by atoms with Gasteiger partial charge >= 0.3 is 0 Å². The molecule has 308 valence electrons. The van der Waals surface area contributed by atoms with Crippen molar-refractivity contribution in [3.8, 4) is 0 Å². The Bertz CT molecular complexity index is 1470. The highest BCUT2D eigenvalue weighted by molar-refractivity contribution is 5.36. The van der Waals surface area contributed by atoms with Crippen LogP contribution in [0, 0.1) is 50.2 Å². The molecule has 8 aliphatic rings. The van der Waals surface area contributed by atoms with Crippen LogP contribution < -0.4 is 0 Å². The van der Waals surface area contributed by atoms with Crippen molar-refractivity contribution in [2.45, 2.75) is 186 Å². The first-order chi connectivity index (χ1) is 25.1. The van der Waals surface area contributed by atoms with E-state index in [0.717, 1.165) is 51.4 Å². The summed E-state index contributed by atoms with van der Waals surface area (Å²) < 4.78 is 31.4. The lowest BCUT2D eigenvalue weighted by molar-refractivity contribution is -0.366. The van der Waals surface area contributed by atoms with Crippen LogP contribution in [-0.2, 0) is 23.7 Å². The van der Waals surface area contributed by atoms with E-state index in [1.807, 2.05) is 0 Å². The minimum Gasteiger partial charge on any atom is -0.394 e. The Morgan fingerprint density at radius 2 is 1.43 bits per heavy atom. The second-order valence-electron chi connectivity index (χ2n) is 21.1. The van der Waals surface area contributed by atoms with Crippen LogP contribution in [0.5, 0.6) is 0 Å². The fourth-order valence-electron chi connectivity index (χ4n) is 14.3. The van der Waals surface area contributed by atoms with Crippen molar-refractivity contribution in [3.63, 3.8) is 0 Å². The Balaban J connectivity index is 1.03. The molecule has 8 rings (SSSR count). The van der Waals surface area contributed by atoms with Gasteiger partial charge in [-0.05, 0) is 91.8 Å². The Kier molecular flexibility index (Phi) is 9.55. The molecule has 3 saturated heterocycles. The van der Waals surface area contributed by atoms with Crippen LogP contribution in [0.2, 0.25) is 0 Å². The topological polar surface area (TPSA) is 188 Å². The molecule has 12 heteroatoms. The highest BCUT2D eigenvalue weighted by Crippen LogP contribution is 2.79. The molecule has 0 aromatic rings. The number of hydrogen-bond donors (Lipinski definition) is 7. The second-order valence-corrected chi connectivity index (χ2v) is 21.1. The number of fused-ring (bicyclic) bond motifs is 4. The predicted octanol–water partition coefficient (Wildman–Crippen LogP) is 2.80. The number of ether oxygens (including phenoxy) is 5. The average Bonchev–Trinajstić information content (AvgIpc) is 3.38.